The highest BCUT2D eigenvalue weighted by Gasteiger charge is 2.19. The number of hydrogen-bond donors (Lipinski definition) is 1. The van der Waals surface area contributed by atoms with Crippen LogP contribution in [0, 0.1) is 5.92 Å². The van der Waals surface area contributed by atoms with E-state index in [0.717, 1.165) is 10.9 Å². The summed E-state index contributed by atoms with van der Waals surface area (Å²) in [7, 11) is 0. The molecule has 0 aliphatic heterocycles. The minimum Gasteiger partial charge on any atom is -0.358 e. The van der Waals surface area contributed by atoms with Gasteiger partial charge in [-0.25, -0.2) is 0 Å². The lowest BCUT2D eigenvalue weighted by atomic mass is 9.88. The largest absolute Gasteiger partial charge is 0.358 e. The highest BCUT2D eigenvalue weighted by Crippen LogP contribution is 2.32. The third-order valence-corrected chi connectivity index (χ3v) is 3.63. The van der Waals surface area contributed by atoms with E-state index in [-0.39, 0.29) is 0 Å². The van der Waals surface area contributed by atoms with Crippen LogP contribution in [0.15, 0.2) is 18.2 Å². The Bertz CT molecular complexity index is 512. The molecule has 1 nitrogen and oxygen atoms in total. The van der Waals surface area contributed by atoms with Gasteiger partial charge >= 0.3 is 0 Å². The third kappa shape index (κ3) is 1.46. The fourth-order valence-electron chi connectivity index (χ4n) is 2.57. The van der Waals surface area contributed by atoms with Crippen LogP contribution in [0.1, 0.15) is 24.6 Å². The van der Waals surface area contributed by atoms with Crippen LogP contribution in [-0.2, 0) is 12.8 Å². The standard InChI is InChI=1S/C13H14ClN/c1-8-2-5-12-11(6-8)10-4-3-9(14)7-13(10)15-12/h3-4,7-8,15H,2,5-6H2,1H3. The van der Waals surface area contributed by atoms with Crippen molar-refractivity contribution in [3.05, 3.63) is 34.5 Å². The number of aromatic amines is 1. The molecule has 0 fully saturated rings. The first-order valence-electron chi connectivity index (χ1n) is 5.53. The van der Waals surface area contributed by atoms with Gasteiger partial charge in [0.15, 0.2) is 0 Å². The van der Waals surface area contributed by atoms with Crippen molar-refractivity contribution in [2.75, 3.05) is 0 Å². The number of aryl methyl sites for hydroxylation is 1. The van der Waals surface area contributed by atoms with Gasteiger partial charge in [-0.1, -0.05) is 24.6 Å². The molecule has 2 aromatic rings. The van der Waals surface area contributed by atoms with Crippen molar-refractivity contribution in [2.24, 2.45) is 5.92 Å². The van der Waals surface area contributed by atoms with Gasteiger partial charge in [0.05, 0.1) is 0 Å². The van der Waals surface area contributed by atoms with Gasteiger partial charge in [0.2, 0.25) is 0 Å². The fourth-order valence-corrected chi connectivity index (χ4v) is 2.74. The van der Waals surface area contributed by atoms with E-state index in [2.05, 4.69) is 18.0 Å². The molecule has 78 valence electrons. The molecule has 1 aromatic carbocycles. The quantitative estimate of drug-likeness (QED) is 0.691. The summed E-state index contributed by atoms with van der Waals surface area (Å²) in [4.78, 5) is 3.49. The number of halogens is 1. The lowest BCUT2D eigenvalue weighted by Gasteiger charge is -2.17. The molecule has 3 rings (SSSR count). The number of hydrogen-bond acceptors (Lipinski definition) is 0. The van der Waals surface area contributed by atoms with Crippen molar-refractivity contribution in [1.82, 2.24) is 4.98 Å². The van der Waals surface area contributed by atoms with Crippen molar-refractivity contribution in [2.45, 2.75) is 26.2 Å². The van der Waals surface area contributed by atoms with Gasteiger partial charge < -0.3 is 4.98 Å². The van der Waals surface area contributed by atoms with Crippen LogP contribution in [0.25, 0.3) is 10.9 Å². The van der Waals surface area contributed by atoms with Crippen LogP contribution < -0.4 is 0 Å². The lowest BCUT2D eigenvalue weighted by molar-refractivity contribution is 0.499. The summed E-state index contributed by atoms with van der Waals surface area (Å²) < 4.78 is 0. The summed E-state index contributed by atoms with van der Waals surface area (Å²) in [5.41, 5.74) is 4.13. The maximum Gasteiger partial charge on any atom is 0.0473 e. The van der Waals surface area contributed by atoms with E-state index in [1.165, 1.54) is 41.4 Å². The number of fused-ring (bicyclic) bond motifs is 3. The van der Waals surface area contributed by atoms with Crippen LogP contribution in [0.3, 0.4) is 0 Å². The van der Waals surface area contributed by atoms with E-state index in [4.69, 9.17) is 11.6 Å². The van der Waals surface area contributed by atoms with Gasteiger partial charge in [-0.15, -0.1) is 0 Å². The van der Waals surface area contributed by atoms with Crippen LogP contribution in [-0.4, -0.2) is 4.98 Å². The number of nitrogens with one attached hydrogen (secondary N) is 1. The normalized spacial score (nSPS) is 20.5. The zero-order chi connectivity index (χ0) is 10.4. The van der Waals surface area contributed by atoms with Crippen LogP contribution in [0.5, 0.6) is 0 Å². The molecule has 0 saturated heterocycles. The molecule has 1 heterocycles. The SMILES string of the molecule is CC1CCc2[nH]c3cc(Cl)ccc3c2C1. The van der Waals surface area contributed by atoms with Crippen molar-refractivity contribution in [1.29, 1.82) is 0 Å². The average Bonchev–Trinajstić information content (AvgIpc) is 2.54. The molecule has 1 aromatic heterocycles. The second kappa shape index (κ2) is 3.28. The van der Waals surface area contributed by atoms with Gasteiger partial charge in [0, 0.05) is 21.6 Å². The van der Waals surface area contributed by atoms with Crippen molar-refractivity contribution in [3.63, 3.8) is 0 Å². The average molecular weight is 220 g/mol. The Hall–Kier alpha value is -0.950. The van der Waals surface area contributed by atoms with Crippen LogP contribution in [0.4, 0.5) is 0 Å². The van der Waals surface area contributed by atoms with E-state index in [0.29, 0.717) is 0 Å². The highest BCUT2D eigenvalue weighted by molar-refractivity contribution is 6.31. The van der Waals surface area contributed by atoms with E-state index in [1.54, 1.807) is 0 Å². The van der Waals surface area contributed by atoms with Crippen LogP contribution in [0.2, 0.25) is 5.02 Å². The lowest BCUT2D eigenvalue weighted by Crippen LogP contribution is -2.09. The molecule has 1 unspecified atom stereocenters. The maximum atomic E-state index is 5.99. The third-order valence-electron chi connectivity index (χ3n) is 3.40. The molecule has 0 spiro atoms. The number of rotatable bonds is 0. The summed E-state index contributed by atoms with van der Waals surface area (Å²) >= 11 is 5.99. The summed E-state index contributed by atoms with van der Waals surface area (Å²) in [6.07, 6.45) is 3.69. The van der Waals surface area contributed by atoms with E-state index in [9.17, 15) is 0 Å². The molecule has 0 radical (unpaired) electrons. The molecule has 0 amide bonds. The first kappa shape index (κ1) is 9.29. The first-order valence-corrected chi connectivity index (χ1v) is 5.91. The van der Waals surface area contributed by atoms with Crippen molar-refractivity contribution in [3.8, 4) is 0 Å². The van der Waals surface area contributed by atoms with Gasteiger partial charge in [-0.05, 0) is 42.9 Å². The van der Waals surface area contributed by atoms with Gasteiger partial charge in [0.1, 0.15) is 0 Å². The Kier molecular flexibility index (Phi) is 2.03. The monoisotopic (exact) mass is 219 g/mol. The predicted octanol–water partition coefficient (Wildman–Crippen LogP) is 3.95. The predicted molar refractivity (Wildman–Crippen MR) is 64.5 cm³/mol. The second-order valence-corrected chi connectivity index (χ2v) is 5.06. The zero-order valence-corrected chi connectivity index (χ0v) is 9.56. The summed E-state index contributed by atoms with van der Waals surface area (Å²) in [6, 6.07) is 6.15. The molecule has 0 bridgehead atoms. The van der Waals surface area contributed by atoms with E-state index in [1.807, 2.05) is 12.1 Å². The Morgan fingerprint density at radius 1 is 1.40 bits per heavy atom. The van der Waals surface area contributed by atoms with Gasteiger partial charge in [-0.3, -0.25) is 0 Å². The zero-order valence-electron chi connectivity index (χ0n) is 8.81. The molecule has 15 heavy (non-hydrogen) atoms. The molecule has 2 heteroatoms. The molecule has 0 saturated carbocycles. The minimum absolute atomic E-state index is 0.812. The number of H-pyrrole nitrogens is 1. The van der Waals surface area contributed by atoms with Gasteiger partial charge in [0.25, 0.3) is 0 Å². The molecule has 1 aliphatic carbocycles. The molecular formula is C13H14ClN. The fraction of sp³-hybridized carbons (Fsp3) is 0.385. The molecule has 1 atom stereocenters. The minimum atomic E-state index is 0.812. The van der Waals surface area contributed by atoms with E-state index >= 15 is 0 Å². The Balaban J connectivity index is 2.24. The molecule has 1 aliphatic rings. The second-order valence-electron chi connectivity index (χ2n) is 4.62. The summed E-state index contributed by atoms with van der Waals surface area (Å²) in [6.45, 7) is 2.33. The Labute approximate surface area is 94.4 Å². The topological polar surface area (TPSA) is 15.8 Å². The Morgan fingerprint density at radius 2 is 2.27 bits per heavy atom. The number of aromatic nitrogens is 1. The molecule has 1 N–H and O–H groups in total. The first-order chi connectivity index (χ1) is 7.24. The number of benzene rings is 1. The maximum absolute atomic E-state index is 5.99. The van der Waals surface area contributed by atoms with E-state index < -0.39 is 0 Å². The van der Waals surface area contributed by atoms with Gasteiger partial charge in [-0.2, -0.15) is 0 Å². The van der Waals surface area contributed by atoms with Crippen molar-refractivity contribution >= 4 is 22.5 Å². The summed E-state index contributed by atoms with van der Waals surface area (Å²) in [5, 5.41) is 2.18. The van der Waals surface area contributed by atoms with Crippen LogP contribution >= 0.6 is 11.6 Å². The molecular weight excluding hydrogens is 206 g/mol. The van der Waals surface area contributed by atoms with Crippen molar-refractivity contribution < 1.29 is 0 Å². The Morgan fingerprint density at radius 3 is 3.13 bits per heavy atom. The smallest absolute Gasteiger partial charge is 0.0473 e. The summed E-state index contributed by atoms with van der Waals surface area (Å²) in [5.74, 6) is 0.812. The highest BCUT2D eigenvalue weighted by atomic mass is 35.5.